The third-order valence-corrected chi connectivity index (χ3v) is 3.28. The number of hydrogen-bond donors (Lipinski definition) is 1. The van der Waals surface area contributed by atoms with Crippen LogP contribution in [0.15, 0.2) is 36.5 Å². The summed E-state index contributed by atoms with van der Waals surface area (Å²) in [5, 5.41) is 10.9. The molecule has 14 heteroatoms. The summed E-state index contributed by atoms with van der Waals surface area (Å²) in [5.74, 6) is -6.67. The van der Waals surface area contributed by atoms with Gasteiger partial charge in [0.1, 0.15) is 5.82 Å². The van der Waals surface area contributed by atoms with Gasteiger partial charge in [-0.25, -0.2) is 18.4 Å². The van der Waals surface area contributed by atoms with E-state index in [4.69, 9.17) is 4.11 Å². The lowest BCUT2D eigenvalue weighted by Gasteiger charge is -2.06. The van der Waals surface area contributed by atoms with Crippen molar-refractivity contribution < 1.29 is 35.6 Å². The van der Waals surface area contributed by atoms with Gasteiger partial charge in [-0.1, -0.05) is 5.16 Å². The van der Waals surface area contributed by atoms with E-state index >= 15 is 0 Å². The van der Waals surface area contributed by atoms with Crippen LogP contribution in [0.5, 0.6) is 0 Å². The lowest BCUT2D eigenvalue weighted by Crippen LogP contribution is -2.30. The third-order valence-electron chi connectivity index (χ3n) is 2.73. The van der Waals surface area contributed by atoms with Gasteiger partial charge in [-0.2, -0.15) is 13.2 Å². The fourth-order valence-corrected chi connectivity index (χ4v) is 1.95. The van der Waals surface area contributed by atoms with Gasteiger partial charge in [-0.15, -0.1) is 0 Å². The minimum Gasteiger partial charge on any atom is -0.298 e. The molecule has 0 radical (unpaired) electrons. The van der Waals surface area contributed by atoms with Gasteiger partial charge in [0.2, 0.25) is 11.6 Å². The first-order chi connectivity index (χ1) is 13.4. The molecule has 3 aromatic rings. The van der Waals surface area contributed by atoms with E-state index in [9.17, 15) is 27.2 Å². The molecule has 3 rings (SSSR count). The number of halogens is 5. The first-order valence-corrected chi connectivity index (χ1v) is 6.99. The molecule has 9 nitrogen and oxygen atoms in total. The molecule has 1 N–H and O–H groups in total. The van der Waals surface area contributed by atoms with Crippen LogP contribution in [0.4, 0.5) is 23.4 Å². The van der Waals surface area contributed by atoms with Crippen molar-refractivity contribution in [2.75, 3.05) is 5.32 Å². The Balaban J connectivity index is 2.22. The van der Waals surface area contributed by atoms with Crippen LogP contribution in [0.1, 0.15) is 4.11 Å². The van der Waals surface area contributed by atoms with E-state index in [1.165, 1.54) is 5.32 Å². The molecular formula is C12H4BrF4N5O4. The normalized spacial score (nSPS) is 13.2. The summed E-state index contributed by atoms with van der Waals surface area (Å²) in [5.41, 5.74) is -1.42. The van der Waals surface area contributed by atoms with Crippen LogP contribution < -0.4 is 11.1 Å². The maximum absolute atomic E-state index is 13.9. The summed E-state index contributed by atoms with van der Waals surface area (Å²) >= 11 is 2.71. The summed E-state index contributed by atoms with van der Waals surface area (Å²) in [6, 6.07) is -2.70. The Labute approximate surface area is 151 Å². The molecule has 136 valence electrons. The second-order valence-electron chi connectivity index (χ2n) is 4.37. The molecular weight excluding hydrogens is 434 g/mol. The largest absolute Gasteiger partial charge is 0.471 e. The molecule has 0 fully saturated rings. The Morgan fingerprint density at radius 2 is 2.04 bits per heavy atom. The summed E-state index contributed by atoms with van der Waals surface area (Å²) in [6.07, 6.45) is -5.29. The van der Waals surface area contributed by atoms with Crippen molar-refractivity contribution in [2.24, 2.45) is 0 Å². The number of benzene rings is 1. The van der Waals surface area contributed by atoms with Crippen molar-refractivity contribution in [3.63, 3.8) is 0 Å². The smallest absolute Gasteiger partial charge is 0.298 e. The predicted molar refractivity (Wildman–Crippen MR) is 77.7 cm³/mol. The number of nitrogens with one attached hydrogen (secondary N) is 1. The molecule has 2 heterocycles. The number of hydrogen-bond acceptors (Lipinski definition) is 7. The van der Waals surface area contributed by atoms with Crippen molar-refractivity contribution in [3.8, 4) is 17.2 Å². The Morgan fingerprint density at radius 3 is 2.73 bits per heavy atom. The van der Waals surface area contributed by atoms with Gasteiger partial charge < -0.3 is 0 Å². The topological polar surface area (TPSA) is 116 Å². The highest BCUT2D eigenvalue weighted by Gasteiger charge is 2.40. The van der Waals surface area contributed by atoms with Gasteiger partial charge in [-0.3, -0.25) is 14.6 Å². The van der Waals surface area contributed by atoms with Crippen LogP contribution in [-0.4, -0.2) is 32.1 Å². The van der Waals surface area contributed by atoms with Crippen molar-refractivity contribution in [1.82, 2.24) is 20.0 Å². The number of alkyl halides is 3. The molecule has 1 aromatic carbocycles. The maximum Gasteiger partial charge on any atom is 0.471 e. The van der Waals surface area contributed by atoms with E-state index in [2.05, 4.69) is 40.6 Å². The summed E-state index contributed by atoms with van der Waals surface area (Å²) in [6.45, 7) is 0. The van der Waals surface area contributed by atoms with E-state index in [0.717, 1.165) is 0 Å². The number of nitrogens with zero attached hydrogens (tertiary/aromatic N) is 4. The predicted octanol–water partition coefficient (Wildman–Crippen LogP) is 2.28. The zero-order valence-electron chi connectivity index (χ0n) is 14.8. The first kappa shape index (κ1) is 14.2. The molecule has 0 atom stereocenters. The molecule has 26 heavy (non-hydrogen) atoms. The molecule has 0 aliphatic carbocycles. The maximum atomic E-state index is 13.9. The van der Waals surface area contributed by atoms with E-state index < -0.39 is 69.3 Å². The van der Waals surface area contributed by atoms with Gasteiger partial charge in [0.25, 0.3) is 0 Å². The Morgan fingerprint density at radius 1 is 1.31 bits per heavy atom. The second-order valence-corrected chi connectivity index (χ2v) is 5.17. The SMILES string of the molecule is [2H]c1c([2H])c(-n2c(-c3nonc3NC(=O)C(F)(F)F)noc2=O)c([2H])c(Br)c1F. The summed E-state index contributed by atoms with van der Waals surface area (Å²) in [4.78, 5) is 23.2. The molecule has 0 aliphatic heterocycles. The van der Waals surface area contributed by atoms with Gasteiger partial charge in [0.05, 0.1) is 14.3 Å². The molecule has 1 amide bonds. The molecule has 0 saturated carbocycles. The highest BCUT2D eigenvalue weighted by Crippen LogP contribution is 2.27. The number of carbonyl (C=O) groups is 1. The van der Waals surface area contributed by atoms with E-state index in [1.807, 2.05) is 0 Å². The lowest BCUT2D eigenvalue weighted by atomic mass is 10.3. The standard InChI is InChI=1S/C12H4BrF4N5O4/c13-5-3-4(1-2-6(5)14)22-9(21-25-11(22)24)7-8(20-26-19-7)18-10(23)12(15,16)17/h1-3H,(H,18,20,23)/i1D,2D,3D. The lowest BCUT2D eigenvalue weighted by molar-refractivity contribution is -0.167. The van der Waals surface area contributed by atoms with Crippen molar-refractivity contribution in [2.45, 2.75) is 6.18 Å². The fourth-order valence-electron chi connectivity index (χ4n) is 1.66. The zero-order chi connectivity index (χ0) is 21.7. The molecule has 2 aromatic heterocycles. The van der Waals surface area contributed by atoms with Gasteiger partial charge in [-0.05, 0) is 44.4 Å². The van der Waals surface area contributed by atoms with Crippen molar-refractivity contribution in [1.29, 1.82) is 0 Å². The minimum atomic E-state index is -5.29. The van der Waals surface area contributed by atoms with Crippen LogP contribution in [-0.2, 0) is 4.79 Å². The highest BCUT2D eigenvalue weighted by molar-refractivity contribution is 9.10. The average molecular weight is 441 g/mol. The summed E-state index contributed by atoms with van der Waals surface area (Å²) in [7, 11) is 0. The first-order valence-electron chi connectivity index (χ1n) is 7.70. The molecule has 0 bridgehead atoms. The number of anilines is 1. The monoisotopic (exact) mass is 440 g/mol. The number of rotatable bonds is 3. The Hall–Kier alpha value is -3.03. The van der Waals surface area contributed by atoms with Gasteiger partial charge >= 0.3 is 17.8 Å². The fraction of sp³-hybridized carbons (Fsp3) is 0.0833. The number of carbonyl (C=O) groups excluding carboxylic acids is 1. The van der Waals surface area contributed by atoms with E-state index in [1.54, 1.807) is 0 Å². The minimum absolute atomic E-state index is 0.371. The van der Waals surface area contributed by atoms with Crippen LogP contribution in [0.3, 0.4) is 0 Å². The highest BCUT2D eigenvalue weighted by atomic mass is 79.9. The van der Waals surface area contributed by atoms with Crippen LogP contribution in [0.25, 0.3) is 17.2 Å². The molecule has 0 aliphatic rings. The van der Waals surface area contributed by atoms with Crippen molar-refractivity contribution in [3.05, 3.63) is 39.0 Å². The third kappa shape index (κ3) is 3.22. The molecule has 0 spiro atoms. The quantitative estimate of drug-likeness (QED) is 0.620. The van der Waals surface area contributed by atoms with Crippen LogP contribution >= 0.6 is 15.9 Å². The molecule has 0 saturated heterocycles. The Bertz CT molecular complexity index is 1160. The van der Waals surface area contributed by atoms with Crippen LogP contribution in [0.2, 0.25) is 0 Å². The number of aromatic nitrogens is 4. The molecule has 0 unspecified atom stereocenters. The number of amides is 1. The van der Waals surface area contributed by atoms with Crippen molar-refractivity contribution >= 4 is 27.7 Å². The zero-order valence-corrected chi connectivity index (χ0v) is 13.4. The van der Waals surface area contributed by atoms with E-state index in [0.29, 0.717) is 4.57 Å². The van der Waals surface area contributed by atoms with Gasteiger partial charge in [0, 0.05) is 0 Å². The van der Waals surface area contributed by atoms with E-state index in [-0.39, 0.29) is 0 Å². The average Bonchev–Trinajstić information content (AvgIpc) is 3.24. The summed E-state index contributed by atoms with van der Waals surface area (Å²) < 4.78 is 83.1. The van der Waals surface area contributed by atoms with Crippen LogP contribution in [0, 0.1) is 5.82 Å². The second kappa shape index (κ2) is 6.36. The van der Waals surface area contributed by atoms with Gasteiger partial charge in [0.15, 0.2) is 5.69 Å². The Kier molecular flexibility index (Phi) is 3.47.